The van der Waals surface area contributed by atoms with E-state index < -0.39 is 0 Å². The third-order valence-corrected chi connectivity index (χ3v) is 6.16. The molecule has 0 aliphatic carbocycles. The number of amides is 1. The van der Waals surface area contributed by atoms with Gasteiger partial charge in [0.1, 0.15) is 0 Å². The minimum atomic E-state index is 0.205. The highest BCUT2D eigenvalue weighted by Crippen LogP contribution is 2.11. The highest BCUT2D eigenvalue weighted by Gasteiger charge is 2.08. The lowest BCUT2D eigenvalue weighted by Gasteiger charge is -2.26. The molecule has 0 saturated carbocycles. The van der Waals surface area contributed by atoms with E-state index in [4.69, 9.17) is 0 Å². The van der Waals surface area contributed by atoms with Gasteiger partial charge >= 0.3 is 0 Å². The summed E-state index contributed by atoms with van der Waals surface area (Å²) in [4.78, 5) is 14.4. The zero-order valence-corrected chi connectivity index (χ0v) is 19.6. The SMILES string of the molecule is CCCCCCCCCCCCCCNC(=O)CCNCCCN1CCCCC1. The fraction of sp³-hybridized carbons (Fsp3) is 0.960. The maximum atomic E-state index is 11.9. The lowest BCUT2D eigenvalue weighted by atomic mass is 10.1. The van der Waals surface area contributed by atoms with Crippen LogP contribution in [0, 0.1) is 0 Å². The van der Waals surface area contributed by atoms with Crippen LogP contribution in [0.15, 0.2) is 0 Å². The quantitative estimate of drug-likeness (QED) is 0.255. The van der Waals surface area contributed by atoms with Crippen LogP contribution in [0.1, 0.15) is 116 Å². The van der Waals surface area contributed by atoms with Crippen molar-refractivity contribution in [1.82, 2.24) is 15.5 Å². The standard InChI is InChI=1S/C25H51N3O/c1-2-3-4-5-6-7-8-9-10-11-12-14-20-27-25(29)18-21-26-19-17-24-28-22-15-13-16-23-28/h26H,2-24H2,1H3,(H,27,29). The molecule has 1 saturated heterocycles. The molecule has 0 bridgehead atoms. The summed E-state index contributed by atoms with van der Waals surface area (Å²) in [5, 5.41) is 6.49. The van der Waals surface area contributed by atoms with Crippen molar-refractivity contribution >= 4 is 5.91 Å². The van der Waals surface area contributed by atoms with Gasteiger partial charge in [0.15, 0.2) is 0 Å². The maximum absolute atomic E-state index is 11.9. The van der Waals surface area contributed by atoms with Gasteiger partial charge in [0, 0.05) is 19.5 Å². The van der Waals surface area contributed by atoms with Gasteiger partial charge in [0.2, 0.25) is 5.91 Å². The van der Waals surface area contributed by atoms with Crippen LogP contribution >= 0.6 is 0 Å². The largest absolute Gasteiger partial charge is 0.356 e. The van der Waals surface area contributed by atoms with Crippen molar-refractivity contribution in [3.63, 3.8) is 0 Å². The second-order valence-corrected chi connectivity index (χ2v) is 8.99. The number of hydrogen-bond acceptors (Lipinski definition) is 3. The predicted molar refractivity (Wildman–Crippen MR) is 126 cm³/mol. The van der Waals surface area contributed by atoms with Crippen molar-refractivity contribution < 1.29 is 4.79 Å². The van der Waals surface area contributed by atoms with E-state index >= 15 is 0 Å². The van der Waals surface area contributed by atoms with Crippen LogP contribution in [0.3, 0.4) is 0 Å². The molecule has 1 aliphatic heterocycles. The Morgan fingerprint density at radius 3 is 1.90 bits per heavy atom. The second-order valence-electron chi connectivity index (χ2n) is 8.99. The van der Waals surface area contributed by atoms with Crippen molar-refractivity contribution in [3.05, 3.63) is 0 Å². The van der Waals surface area contributed by atoms with Gasteiger partial charge in [-0.2, -0.15) is 0 Å². The first kappa shape index (κ1) is 26.4. The number of nitrogens with one attached hydrogen (secondary N) is 2. The highest BCUT2D eigenvalue weighted by molar-refractivity contribution is 5.75. The van der Waals surface area contributed by atoms with E-state index in [0.29, 0.717) is 6.42 Å². The van der Waals surface area contributed by atoms with Gasteiger partial charge in [0.05, 0.1) is 0 Å². The van der Waals surface area contributed by atoms with E-state index in [1.165, 1.54) is 116 Å². The molecule has 0 atom stereocenters. The molecule has 1 fully saturated rings. The molecule has 4 nitrogen and oxygen atoms in total. The molecule has 0 aromatic carbocycles. The summed E-state index contributed by atoms with van der Waals surface area (Å²) < 4.78 is 0. The zero-order chi connectivity index (χ0) is 20.8. The van der Waals surface area contributed by atoms with Gasteiger partial charge in [0.25, 0.3) is 0 Å². The Balaban J connectivity index is 1.72. The van der Waals surface area contributed by atoms with E-state index in [9.17, 15) is 4.79 Å². The molecule has 2 N–H and O–H groups in total. The summed E-state index contributed by atoms with van der Waals surface area (Å²) in [7, 11) is 0. The van der Waals surface area contributed by atoms with Gasteiger partial charge in [-0.1, -0.05) is 84.0 Å². The predicted octanol–water partition coefficient (Wildman–Crippen LogP) is 5.66. The molecule has 1 heterocycles. The second kappa shape index (κ2) is 20.7. The molecular weight excluding hydrogens is 358 g/mol. The first-order chi connectivity index (χ1) is 14.3. The van der Waals surface area contributed by atoms with E-state index in [0.717, 1.165) is 26.1 Å². The summed E-state index contributed by atoms with van der Waals surface area (Å²) in [6.45, 7) is 8.74. The molecule has 0 aromatic heterocycles. The lowest BCUT2D eigenvalue weighted by Crippen LogP contribution is -2.33. The van der Waals surface area contributed by atoms with Crippen molar-refractivity contribution in [3.8, 4) is 0 Å². The number of nitrogens with zero attached hydrogens (tertiary/aromatic N) is 1. The maximum Gasteiger partial charge on any atom is 0.221 e. The number of carbonyl (C=O) groups is 1. The van der Waals surface area contributed by atoms with Crippen LogP contribution in [0.5, 0.6) is 0 Å². The fourth-order valence-corrected chi connectivity index (χ4v) is 4.22. The van der Waals surface area contributed by atoms with Gasteiger partial charge in [-0.15, -0.1) is 0 Å². The molecule has 0 unspecified atom stereocenters. The topological polar surface area (TPSA) is 44.4 Å². The minimum absolute atomic E-state index is 0.205. The summed E-state index contributed by atoms with van der Waals surface area (Å²) in [6.07, 6.45) is 22.3. The Bertz CT molecular complexity index is 356. The molecule has 172 valence electrons. The number of piperidine rings is 1. The third-order valence-electron chi connectivity index (χ3n) is 6.16. The Kier molecular flexibility index (Phi) is 18.8. The number of likely N-dealkylation sites (tertiary alicyclic amines) is 1. The van der Waals surface area contributed by atoms with Crippen LogP contribution in [-0.4, -0.2) is 50.1 Å². The van der Waals surface area contributed by atoms with E-state index in [1.54, 1.807) is 0 Å². The van der Waals surface area contributed by atoms with Crippen LogP contribution in [0.4, 0.5) is 0 Å². The summed E-state index contributed by atoms with van der Waals surface area (Å²) in [5.41, 5.74) is 0. The lowest BCUT2D eigenvalue weighted by molar-refractivity contribution is -0.121. The Morgan fingerprint density at radius 1 is 0.690 bits per heavy atom. The smallest absolute Gasteiger partial charge is 0.221 e. The van der Waals surface area contributed by atoms with Crippen LogP contribution in [0.2, 0.25) is 0 Å². The first-order valence-corrected chi connectivity index (χ1v) is 13.0. The van der Waals surface area contributed by atoms with Crippen LogP contribution in [-0.2, 0) is 4.79 Å². The summed E-state index contributed by atoms with van der Waals surface area (Å²) >= 11 is 0. The normalized spacial score (nSPS) is 14.9. The van der Waals surface area contributed by atoms with Gasteiger partial charge < -0.3 is 15.5 Å². The van der Waals surface area contributed by atoms with E-state index in [1.807, 2.05) is 0 Å². The number of carbonyl (C=O) groups excluding carboxylic acids is 1. The summed E-state index contributed by atoms with van der Waals surface area (Å²) in [5.74, 6) is 0.205. The monoisotopic (exact) mass is 409 g/mol. The molecule has 0 radical (unpaired) electrons. The Morgan fingerprint density at radius 2 is 1.28 bits per heavy atom. The molecule has 1 rings (SSSR count). The van der Waals surface area contributed by atoms with E-state index in [-0.39, 0.29) is 5.91 Å². The molecule has 0 aromatic rings. The van der Waals surface area contributed by atoms with Gasteiger partial charge in [-0.25, -0.2) is 0 Å². The third kappa shape index (κ3) is 17.9. The number of hydrogen-bond donors (Lipinski definition) is 2. The first-order valence-electron chi connectivity index (χ1n) is 13.0. The highest BCUT2D eigenvalue weighted by atomic mass is 16.1. The van der Waals surface area contributed by atoms with Gasteiger partial charge in [-0.05, 0) is 51.9 Å². The molecule has 29 heavy (non-hydrogen) atoms. The van der Waals surface area contributed by atoms with Gasteiger partial charge in [-0.3, -0.25) is 4.79 Å². The molecular formula is C25H51N3O. The average Bonchev–Trinajstić information content (AvgIpc) is 2.74. The Labute approximate surface area is 182 Å². The fourth-order valence-electron chi connectivity index (χ4n) is 4.22. The van der Waals surface area contributed by atoms with Crippen LogP contribution in [0.25, 0.3) is 0 Å². The van der Waals surface area contributed by atoms with Crippen molar-refractivity contribution in [2.75, 3.05) is 39.3 Å². The molecule has 0 spiro atoms. The molecule has 4 heteroatoms. The van der Waals surface area contributed by atoms with Crippen molar-refractivity contribution in [1.29, 1.82) is 0 Å². The zero-order valence-electron chi connectivity index (χ0n) is 19.6. The van der Waals surface area contributed by atoms with Crippen LogP contribution < -0.4 is 10.6 Å². The number of unbranched alkanes of at least 4 members (excludes halogenated alkanes) is 11. The Hall–Kier alpha value is -0.610. The number of rotatable bonds is 20. The van der Waals surface area contributed by atoms with Crippen molar-refractivity contribution in [2.24, 2.45) is 0 Å². The van der Waals surface area contributed by atoms with E-state index in [2.05, 4.69) is 22.5 Å². The molecule has 1 aliphatic rings. The molecule has 1 amide bonds. The summed E-state index contributed by atoms with van der Waals surface area (Å²) in [6, 6.07) is 0. The van der Waals surface area contributed by atoms with Crippen molar-refractivity contribution in [2.45, 2.75) is 116 Å². The average molecular weight is 410 g/mol. The minimum Gasteiger partial charge on any atom is -0.356 e.